The highest BCUT2D eigenvalue weighted by Gasteiger charge is 2.25. The first-order chi connectivity index (χ1) is 11.8. The number of benzene rings is 1. The first-order valence-electron chi connectivity index (χ1n) is 7.81. The van der Waals surface area contributed by atoms with Gasteiger partial charge in [0.1, 0.15) is 18.6 Å². The summed E-state index contributed by atoms with van der Waals surface area (Å²) in [5, 5.41) is 11.1. The number of ether oxygens (including phenoxy) is 1. The molecule has 1 unspecified atom stereocenters. The van der Waals surface area contributed by atoms with E-state index in [0.29, 0.717) is 0 Å². The number of carbonyl (C=O) groups is 3. The number of rotatable bonds is 6. The van der Waals surface area contributed by atoms with E-state index in [9.17, 15) is 14.4 Å². The molecule has 0 heterocycles. The molecule has 0 bridgehead atoms. The topological polar surface area (TPSA) is 120 Å². The van der Waals surface area contributed by atoms with Crippen LogP contribution in [0.5, 0.6) is 0 Å². The molecule has 134 valence electrons. The van der Waals surface area contributed by atoms with Crippen LogP contribution in [0.3, 0.4) is 0 Å². The second-order valence-electron chi connectivity index (χ2n) is 5.76. The van der Waals surface area contributed by atoms with Crippen molar-refractivity contribution in [2.45, 2.75) is 33.4 Å². The van der Waals surface area contributed by atoms with Crippen molar-refractivity contribution in [3.8, 4) is 6.07 Å². The monoisotopic (exact) mass is 346 g/mol. The lowest BCUT2D eigenvalue weighted by Crippen LogP contribution is -2.55. The lowest BCUT2D eigenvalue weighted by Gasteiger charge is -2.21. The van der Waals surface area contributed by atoms with Gasteiger partial charge >= 0.3 is 6.09 Å². The van der Waals surface area contributed by atoms with Crippen LogP contribution in [-0.2, 0) is 20.9 Å². The van der Waals surface area contributed by atoms with Crippen LogP contribution in [-0.4, -0.2) is 23.9 Å². The Hall–Kier alpha value is -3.08. The van der Waals surface area contributed by atoms with Crippen molar-refractivity contribution in [2.75, 3.05) is 0 Å². The van der Waals surface area contributed by atoms with E-state index in [1.165, 1.54) is 6.92 Å². The average Bonchev–Trinajstić information content (AvgIpc) is 2.61. The second-order valence-corrected chi connectivity index (χ2v) is 5.76. The summed E-state index contributed by atoms with van der Waals surface area (Å²) in [7, 11) is 0. The molecular formula is C17H22N4O4. The van der Waals surface area contributed by atoms with Gasteiger partial charge in [0.05, 0.1) is 6.07 Å². The van der Waals surface area contributed by atoms with E-state index in [2.05, 4.69) is 16.2 Å². The van der Waals surface area contributed by atoms with E-state index in [4.69, 9.17) is 10.00 Å². The molecule has 1 aromatic carbocycles. The summed E-state index contributed by atoms with van der Waals surface area (Å²) in [6, 6.07) is 9.97. The van der Waals surface area contributed by atoms with Gasteiger partial charge in [-0.15, -0.1) is 0 Å². The van der Waals surface area contributed by atoms with Crippen LogP contribution in [0, 0.1) is 23.2 Å². The molecule has 25 heavy (non-hydrogen) atoms. The third-order valence-corrected chi connectivity index (χ3v) is 3.33. The minimum absolute atomic E-state index is 0.0789. The van der Waals surface area contributed by atoms with Crippen molar-refractivity contribution >= 4 is 17.9 Å². The Morgan fingerprint density at radius 1 is 1.08 bits per heavy atom. The number of nitrogens with zero attached hydrogens (tertiary/aromatic N) is 1. The fourth-order valence-electron chi connectivity index (χ4n) is 1.79. The van der Waals surface area contributed by atoms with Crippen molar-refractivity contribution in [1.82, 2.24) is 16.2 Å². The number of hydrazine groups is 1. The zero-order chi connectivity index (χ0) is 18.8. The van der Waals surface area contributed by atoms with Crippen LogP contribution in [0.2, 0.25) is 0 Å². The Labute approximate surface area is 146 Å². The lowest BCUT2D eigenvalue weighted by molar-refractivity contribution is -0.131. The minimum Gasteiger partial charge on any atom is -0.445 e. The van der Waals surface area contributed by atoms with E-state index < -0.39 is 29.9 Å². The van der Waals surface area contributed by atoms with Crippen molar-refractivity contribution in [2.24, 2.45) is 11.8 Å². The van der Waals surface area contributed by atoms with Crippen LogP contribution in [0.4, 0.5) is 4.79 Å². The van der Waals surface area contributed by atoms with E-state index in [1.54, 1.807) is 19.9 Å². The van der Waals surface area contributed by atoms with Gasteiger partial charge in [0.2, 0.25) is 0 Å². The number of nitriles is 1. The third kappa shape index (κ3) is 6.91. The molecule has 0 saturated heterocycles. The van der Waals surface area contributed by atoms with Gasteiger partial charge in [0, 0.05) is 0 Å². The molecule has 3 amide bonds. The molecule has 0 aliphatic rings. The summed E-state index contributed by atoms with van der Waals surface area (Å²) < 4.78 is 5.08. The summed E-state index contributed by atoms with van der Waals surface area (Å²) in [4.78, 5) is 35.5. The number of amides is 3. The van der Waals surface area contributed by atoms with Crippen LogP contribution >= 0.6 is 0 Å². The summed E-state index contributed by atoms with van der Waals surface area (Å²) in [6.45, 7) is 4.96. The molecule has 1 aromatic rings. The van der Waals surface area contributed by atoms with Gasteiger partial charge in [0.15, 0.2) is 0 Å². The summed E-state index contributed by atoms with van der Waals surface area (Å²) in [5.74, 6) is -2.38. The predicted octanol–water partition coefficient (Wildman–Crippen LogP) is 1.24. The zero-order valence-corrected chi connectivity index (χ0v) is 14.4. The Morgan fingerprint density at radius 3 is 2.24 bits per heavy atom. The maximum atomic E-state index is 12.1. The number of hydrogen-bond acceptors (Lipinski definition) is 5. The van der Waals surface area contributed by atoms with Crippen molar-refractivity contribution in [3.63, 3.8) is 0 Å². The number of alkyl carbamates (subject to hydrolysis) is 1. The molecule has 0 radical (unpaired) electrons. The number of carbonyl (C=O) groups excluding carboxylic acids is 3. The zero-order valence-electron chi connectivity index (χ0n) is 14.4. The van der Waals surface area contributed by atoms with E-state index >= 15 is 0 Å². The van der Waals surface area contributed by atoms with Crippen LogP contribution < -0.4 is 16.2 Å². The molecule has 3 N–H and O–H groups in total. The smallest absolute Gasteiger partial charge is 0.408 e. The van der Waals surface area contributed by atoms with Gasteiger partial charge in [-0.05, 0) is 18.4 Å². The molecule has 0 aromatic heterocycles. The molecule has 2 atom stereocenters. The van der Waals surface area contributed by atoms with Crippen LogP contribution in [0.1, 0.15) is 26.3 Å². The average molecular weight is 346 g/mol. The van der Waals surface area contributed by atoms with E-state index in [-0.39, 0.29) is 12.5 Å². The molecule has 1 rings (SSSR count). The molecule has 8 nitrogen and oxygen atoms in total. The van der Waals surface area contributed by atoms with Crippen molar-refractivity contribution in [1.29, 1.82) is 5.26 Å². The van der Waals surface area contributed by atoms with Crippen molar-refractivity contribution < 1.29 is 19.1 Å². The predicted molar refractivity (Wildman–Crippen MR) is 89.5 cm³/mol. The minimum atomic E-state index is -0.902. The molecule has 0 aliphatic carbocycles. The van der Waals surface area contributed by atoms with Gasteiger partial charge < -0.3 is 10.1 Å². The Balaban J connectivity index is 2.52. The standard InChI is InChI=1S/C17H22N4O4/c1-11(2)14(16(23)21-20-15(22)12(3)9-18)19-17(24)25-10-13-7-5-4-6-8-13/h4-8,11-12,14H,10H2,1-3H3,(H,19,24)(H,20,22)(H,21,23)/t12?,14-/m0/s1. The molecule has 0 fully saturated rings. The molecular weight excluding hydrogens is 324 g/mol. The summed E-state index contributed by atoms with van der Waals surface area (Å²) in [6.07, 6.45) is -0.741. The maximum Gasteiger partial charge on any atom is 0.408 e. The third-order valence-electron chi connectivity index (χ3n) is 3.33. The first-order valence-corrected chi connectivity index (χ1v) is 7.81. The van der Waals surface area contributed by atoms with Gasteiger partial charge in [0.25, 0.3) is 11.8 Å². The Kier molecular flexibility index (Phi) is 7.93. The number of hydrogen-bond donors (Lipinski definition) is 3. The van der Waals surface area contributed by atoms with Gasteiger partial charge in [-0.1, -0.05) is 44.2 Å². The van der Waals surface area contributed by atoms with Gasteiger partial charge in [-0.2, -0.15) is 5.26 Å². The highest BCUT2D eigenvalue weighted by molar-refractivity contribution is 5.88. The quantitative estimate of drug-likeness (QED) is 0.669. The highest BCUT2D eigenvalue weighted by Crippen LogP contribution is 2.04. The van der Waals surface area contributed by atoms with E-state index in [0.717, 1.165) is 5.56 Å². The van der Waals surface area contributed by atoms with Crippen molar-refractivity contribution in [3.05, 3.63) is 35.9 Å². The SMILES string of the molecule is CC(C#N)C(=O)NNC(=O)[C@@H](NC(=O)OCc1ccccc1)C(C)C. The molecule has 8 heteroatoms. The number of nitrogens with one attached hydrogen (secondary N) is 3. The summed E-state index contributed by atoms with van der Waals surface area (Å²) >= 11 is 0. The normalized spacial score (nSPS) is 12.4. The van der Waals surface area contributed by atoms with Crippen LogP contribution in [0.25, 0.3) is 0 Å². The van der Waals surface area contributed by atoms with E-state index in [1.807, 2.05) is 30.3 Å². The van der Waals surface area contributed by atoms with Crippen LogP contribution in [0.15, 0.2) is 30.3 Å². The fraction of sp³-hybridized carbons (Fsp3) is 0.412. The fourth-order valence-corrected chi connectivity index (χ4v) is 1.79. The maximum absolute atomic E-state index is 12.1. The van der Waals surface area contributed by atoms with Gasteiger partial charge in [-0.3, -0.25) is 20.4 Å². The Bertz CT molecular complexity index is 640. The lowest BCUT2D eigenvalue weighted by atomic mass is 10.0. The largest absolute Gasteiger partial charge is 0.445 e. The molecule has 0 aliphatic heterocycles. The highest BCUT2D eigenvalue weighted by atomic mass is 16.5. The molecule has 0 spiro atoms. The second kappa shape index (κ2) is 9.93. The first kappa shape index (κ1) is 20.0. The Morgan fingerprint density at radius 2 is 1.68 bits per heavy atom. The van der Waals surface area contributed by atoms with Gasteiger partial charge in [-0.25, -0.2) is 4.79 Å². The molecule has 0 saturated carbocycles. The summed E-state index contributed by atoms with van der Waals surface area (Å²) in [5.41, 5.74) is 5.17.